The Labute approximate surface area is 65.5 Å². The van der Waals surface area contributed by atoms with Gasteiger partial charge in [0.15, 0.2) is 0 Å². The van der Waals surface area contributed by atoms with Gasteiger partial charge in [-0.05, 0) is 25.2 Å². The predicted molar refractivity (Wildman–Crippen MR) is 42.2 cm³/mol. The second-order valence-electron chi connectivity index (χ2n) is 2.26. The van der Waals surface area contributed by atoms with Gasteiger partial charge in [0.25, 0.3) is 0 Å². The van der Waals surface area contributed by atoms with E-state index < -0.39 is 15.6 Å². The summed E-state index contributed by atoms with van der Waals surface area (Å²) < 4.78 is 19.3. The molecule has 0 bridgehead atoms. The minimum Gasteiger partial charge on any atom is -0.327 e. The first-order chi connectivity index (χ1) is 4.89. The maximum atomic E-state index is 10.4. The highest BCUT2D eigenvalue weighted by Gasteiger charge is 2.05. The Morgan fingerprint density at radius 1 is 1.09 bits per heavy atom. The van der Waals surface area contributed by atoms with E-state index in [9.17, 15) is 4.57 Å². The zero-order valence-corrected chi connectivity index (χ0v) is 7.83. The van der Waals surface area contributed by atoms with Crippen molar-refractivity contribution in [2.75, 3.05) is 12.3 Å². The fourth-order valence-corrected chi connectivity index (χ4v) is 2.31. The first-order valence-corrected chi connectivity index (χ1v) is 6.58. The second-order valence-corrected chi connectivity index (χ2v) is 5.36. The van der Waals surface area contributed by atoms with Gasteiger partial charge in [-0.3, -0.25) is 0 Å². The van der Waals surface area contributed by atoms with Gasteiger partial charge in [-0.25, -0.2) is 4.57 Å². The highest BCUT2D eigenvalue weighted by atomic mass is 31.2. The third kappa shape index (κ3) is 13.3. The van der Waals surface area contributed by atoms with Crippen LogP contribution in [0.1, 0.15) is 12.8 Å². The van der Waals surface area contributed by atoms with Gasteiger partial charge >= 0.3 is 7.82 Å². The van der Waals surface area contributed by atoms with Crippen molar-refractivity contribution in [1.82, 2.24) is 0 Å². The molecule has 1 aliphatic rings. The summed E-state index contributed by atoms with van der Waals surface area (Å²) in [6.45, 7) is 0. The van der Waals surface area contributed by atoms with Gasteiger partial charge < -0.3 is 19.2 Å². The Morgan fingerprint density at radius 2 is 1.36 bits per heavy atom. The molecule has 0 aromatic heterocycles. The molecule has 0 aromatic carbocycles. The van der Waals surface area contributed by atoms with Crippen LogP contribution in [-0.2, 0) is 9.13 Å². The monoisotopic (exact) mass is 202 g/mol. The molecule has 1 saturated heterocycles. The third-order valence-corrected chi connectivity index (χ3v) is 2.98. The van der Waals surface area contributed by atoms with E-state index >= 15 is 0 Å². The maximum absolute atomic E-state index is 10.4. The Morgan fingerprint density at radius 3 is 1.45 bits per heavy atom. The van der Waals surface area contributed by atoms with Gasteiger partial charge in [-0.1, -0.05) is 0 Å². The molecule has 0 aliphatic carbocycles. The highest BCUT2D eigenvalue weighted by molar-refractivity contribution is 7.45. The molecule has 11 heavy (non-hydrogen) atoms. The third-order valence-electron chi connectivity index (χ3n) is 1.16. The molecule has 3 N–H and O–H groups in total. The van der Waals surface area contributed by atoms with E-state index in [0.717, 1.165) is 12.3 Å². The molecule has 0 aromatic rings. The van der Waals surface area contributed by atoms with E-state index in [1.54, 1.807) is 0 Å². The van der Waals surface area contributed by atoms with Crippen LogP contribution in [0.2, 0.25) is 0 Å². The Hall–Kier alpha value is 0.340. The summed E-state index contributed by atoms with van der Waals surface area (Å²) in [6.07, 6.45) is 4.50. The molecule has 0 atom stereocenters. The predicted octanol–water partition coefficient (Wildman–Crippen LogP) is 0.411. The van der Waals surface area contributed by atoms with Crippen LogP contribution in [0.5, 0.6) is 0 Å². The summed E-state index contributed by atoms with van der Waals surface area (Å²) >= 11 is 0. The van der Waals surface area contributed by atoms with Gasteiger partial charge in [-0.15, -0.1) is 0 Å². The van der Waals surface area contributed by atoms with Crippen molar-refractivity contribution in [3.8, 4) is 0 Å². The minimum atomic E-state index is -4.64. The Kier molecular flexibility index (Phi) is 5.23. The van der Waals surface area contributed by atoms with Crippen molar-refractivity contribution in [3.05, 3.63) is 0 Å². The fraction of sp³-hybridized carbons (Fsp3) is 1.00. The van der Waals surface area contributed by atoms with Crippen molar-refractivity contribution in [2.45, 2.75) is 12.8 Å². The Balaban J connectivity index is 0.000000187. The van der Waals surface area contributed by atoms with Crippen LogP contribution in [0.3, 0.4) is 0 Å². The summed E-state index contributed by atoms with van der Waals surface area (Å²) in [5.74, 6) is 0. The molecule has 1 rings (SSSR count). The summed E-state index contributed by atoms with van der Waals surface area (Å²) in [7, 11) is -5.65. The SMILES string of the molecule is O=P(O)(O)O.O=[PH]1CCCC1. The molecule has 1 fully saturated rings. The lowest BCUT2D eigenvalue weighted by molar-refractivity contribution is 0.275. The maximum Gasteiger partial charge on any atom is 0.466 e. The second kappa shape index (κ2) is 5.07. The molecule has 1 aliphatic heterocycles. The molecule has 0 spiro atoms. The van der Waals surface area contributed by atoms with Crippen LogP contribution in [0, 0.1) is 0 Å². The van der Waals surface area contributed by atoms with Gasteiger partial charge in [-0.2, -0.15) is 0 Å². The molecule has 0 radical (unpaired) electrons. The van der Waals surface area contributed by atoms with E-state index in [0.29, 0.717) is 0 Å². The smallest absolute Gasteiger partial charge is 0.327 e. The van der Waals surface area contributed by atoms with E-state index in [4.69, 9.17) is 19.2 Å². The summed E-state index contributed by atoms with van der Waals surface area (Å²) in [5, 5.41) is 0. The van der Waals surface area contributed by atoms with Crippen molar-refractivity contribution in [3.63, 3.8) is 0 Å². The molecular weight excluding hydrogens is 190 g/mol. The zero-order chi connectivity index (χ0) is 8.91. The lowest BCUT2D eigenvalue weighted by Gasteiger charge is -1.82. The van der Waals surface area contributed by atoms with Crippen molar-refractivity contribution in [1.29, 1.82) is 0 Å². The number of rotatable bonds is 0. The first kappa shape index (κ1) is 11.3. The van der Waals surface area contributed by atoms with E-state index in [1.165, 1.54) is 12.8 Å². The fourth-order valence-electron chi connectivity index (χ4n) is 0.769. The van der Waals surface area contributed by atoms with Crippen molar-refractivity contribution in [2.24, 2.45) is 0 Å². The molecule has 0 saturated carbocycles. The zero-order valence-electron chi connectivity index (χ0n) is 5.93. The molecule has 7 heteroatoms. The lowest BCUT2D eigenvalue weighted by atomic mass is 10.4. The highest BCUT2D eigenvalue weighted by Crippen LogP contribution is 2.30. The quantitative estimate of drug-likeness (QED) is 0.494. The van der Waals surface area contributed by atoms with Crippen LogP contribution in [0.4, 0.5) is 0 Å². The Bertz CT molecular complexity index is 157. The van der Waals surface area contributed by atoms with Gasteiger partial charge in [0, 0.05) is 0 Å². The lowest BCUT2D eigenvalue weighted by Crippen LogP contribution is -1.66. The average molecular weight is 202 g/mol. The summed E-state index contributed by atoms with van der Waals surface area (Å²) in [6, 6.07) is 0. The van der Waals surface area contributed by atoms with Crippen LogP contribution < -0.4 is 0 Å². The van der Waals surface area contributed by atoms with Crippen LogP contribution >= 0.6 is 15.6 Å². The van der Waals surface area contributed by atoms with E-state index in [-0.39, 0.29) is 0 Å². The topological polar surface area (TPSA) is 94.8 Å². The molecule has 68 valence electrons. The summed E-state index contributed by atoms with van der Waals surface area (Å²) in [5.41, 5.74) is 0. The van der Waals surface area contributed by atoms with Gasteiger partial charge in [0.1, 0.15) is 0 Å². The molecule has 5 nitrogen and oxygen atoms in total. The van der Waals surface area contributed by atoms with Crippen LogP contribution in [0.25, 0.3) is 0 Å². The van der Waals surface area contributed by atoms with Gasteiger partial charge in [0.05, 0.1) is 7.80 Å². The number of phosphoric acid groups is 1. The molecular formula is C4H12O5P2. The molecule has 0 unspecified atom stereocenters. The van der Waals surface area contributed by atoms with Crippen molar-refractivity contribution < 1.29 is 23.8 Å². The first-order valence-electron chi connectivity index (χ1n) is 3.19. The van der Waals surface area contributed by atoms with E-state index in [2.05, 4.69) is 0 Å². The average Bonchev–Trinajstić information content (AvgIpc) is 2.12. The van der Waals surface area contributed by atoms with Crippen molar-refractivity contribution >= 4 is 15.6 Å². The van der Waals surface area contributed by atoms with E-state index in [1.807, 2.05) is 0 Å². The largest absolute Gasteiger partial charge is 0.466 e. The summed E-state index contributed by atoms with van der Waals surface area (Å²) in [4.78, 5) is 21.6. The normalized spacial score (nSPS) is 19.2. The number of hydrogen-bond acceptors (Lipinski definition) is 2. The molecule has 0 amide bonds. The standard InChI is InChI=1S/C4H9OP.H3O4P/c5-6-3-1-2-4-6;1-5(2,3)4/h6H,1-4H2;(H3,1,2,3,4). The molecule has 1 heterocycles. The van der Waals surface area contributed by atoms with Crippen LogP contribution in [0.15, 0.2) is 0 Å². The van der Waals surface area contributed by atoms with Gasteiger partial charge in [0.2, 0.25) is 0 Å². The number of hydrogen-bond donors (Lipinski definition) is 3. The van der Waals surface area contributed by atoms with Crippen LogP contribution in [-0.4, -0.2) is 27.0 Å². The minimum absolute atomic E-state index is 1.01.